The van der Waals surface area contributed by atoms with Crippen molar-refractivity contribution in [2.24, 2.45) is 0 Å². The van der Waals surface area contributed by atoms with E-state index in [4.69, 9.17) is 19.0 Å². The minimum atomic E-state index is -0.508. The SMILES string of the molecule is CC.CC.CO[NH2+]C(=C\Oc1ccccc1C(=O)OC)/C=C(\SC)C(=O)OC. The Morgan fingerprint density at radius 1 is 1.00 bits per heavy atom. The fraction of sp³-hybridized carbons (Fsp3) is 0.400. The van der Waals surface area contributed by atoms with E-state index in [1.807, 2.05) is 27.7 Å². The topological polar surface area (TPSA) is 87.7 Å². The quantitative estimate of drug-likeness (QED) is 0.230. The van der Waals surface area contributed by atoms with E-state index in [1.54, 1.807) is 36.6 Å². The van der Waals surface area contributed by atoms with Gasteiger partial charge in [-0.3, -0.25) is 0 Å². The number of carbonyl (C=O) groups is 2. The van der Waals surface area contributed by atoms with Gasteiger partial charge < -0.3 is 14.2 Å². The van der Waals surface area contributed by atoms with Crippen LogP contribution < -0.4 is 10.2 Å². The zero-order valence-electron chi connectivity index (χ0n) is 17.9. The number of ether oxygens (including phenoxy) is 3. The smallest absolute Gasteiger partial charge is 0.344 e. The first-order valence-electron chi connectivity index (χ1n) is 8.81. The van der Waals surface area contributed by atoms with E-state index in [2.05, 4.69) is 0 Å². The lowest BCUT2D eigenvalue weighted by molar-refractivity contribution is -0.852. The molecule has 0 radical (unpaired) electrons. The fourth-order valence-corrected chi connectivity index (χ4v) is 2.17. The minimum absolute atomic E-state index is 0.287. The Balaban J connectivity index is 0. The molecule has 1 rings (SSSR count). The molecule has 0 aliphatic heterocycles. The number of esters is 2. The number of para-hydroxylation sites is 1. The number of allylic oxidation sites excluding steroid dienone is 1. The molecule has 8 heteroatoms. The molecule has 28 heavy (non-hydrogen) atoms. The number of benzene rings is 1. The molecule has 0 bridgehead atoms. The molecule has 1 aromatic rings. The molecule has 0 aliphatic carbocycles. The van der Waals surface area contributed by atoms with Crippen LogP contribution in [0.3, 0.4) is 0 Å². The summed E-state index contributed by atoms with van der Waals surface area (Å²) >= 11 is 1.23. The molecule has 0 heterocycles. The number of hydrogen-bond acceptors (Lipinski definition) is 7. The van der Waals surface area contributed by atoms with Crippen molar-refractivity contribution in [3.05, 3.63) is 52.8 Å². The third-order valence-electron chi connectivity index (χ3n) is 2.77. The van der Waals surface area contributed by atoms with Gasteiger partial charge in [0.05, 0.1) is 26.2 Å². The predicted octanol–water partition coefficient (Wildman–Crippen LogP) is 3.29. The molecule has 7 nitrogen and oxygen atoms in total. The van der Waals surface area contributed by atoms with E-state index in [0.29, 0.717) is 16.4 Å². The van der Waals surface area contributed by atoms with Gasteiger partial charge in [-0.2, -0.15) is 5.48 Å². The van der Waals surface area contributed by atoms with Crippen molar-refractivity contribution in [3.8, 4) is 5.75 Å². The van der Waals surface area contributed by atoms with Crippen LogP contribution in [-0.2, 0) is 19.1 Å². The van der Waals surface area contributed by atoms with Crippen LogP contribution in [0.5, 0.6) is 5.75 Å². The summed E-state index contributed by atoms with van der Waals surface area (Å²) in [4.78, 5) is 28.7. The van der Waals surface area contributed by atoms with Gasteiger partial charge in [-0.15, -0.1) is 11.8 Å². The minimum Gasteiger partial charge on any atom is -0.465 e. The number of quaternary nitrogens is 1. The molecule has 0 saturated carbocycles. The van der Waals surface area contributed by atoms with E-state index in [0.717, 1.165) is 0 Å². The van der Waals surface area contributed by atoms with Crippen LogP contribution in [0.15, 0.2) is 47.2 Å². The Bertz CT molecular complexity index is 643. The number of hydroxylamine groups is 1. The molecule has 0 amide bonds. The molecule has 0 unspecified atom stereocenters. The van der Waals surface area contributed by atoms with Crippen LogP contribution in [0, 0.1) is 0 Å². The van der Waals surface area contributed by atoms with Crippen LogP contribution in [-0.4, -0.2) is 39.5 Å². The van der Waals surface area contributed by atoms with Crippen molar-refractivity contribution in [3.63, 3.8) is 0 Å². The largest absolute Gasteiger partial charge is 0.465 e. The Kier molecular flexibility index (Phi) is 18.0. The lowest BCUT2D eigenvalue weighted by Gasteiger charge is -2.07. The maximum atomic E-state index is 11.7. The highest BCUT2D eigenvalue weighted by Gasteiger charge is 2.14. The monoisotopic (exact) mass is 414 g/mol. The Morgan fingerprint density at radius 3 is 2.11 bits per heavy atom. The molecule has 2 N–H and O–H groups in total. The van der Waals surface area contributed by atoms with Crippen LogP contribution >= 0.6 is 11.8 Å². The van der Waals surface area contributed by atoms with Gasteiger partial charge in [0.15, 0.2) is 12.0 Å². The van der Waals surface area contributed by atoms with Crippen molar-refractivity contribution < 1.29 is 34.1 Å². The van der Waals surface area contributed by atoms with Crippen molar-refractivity contribution in [2.75, 3.05) is 27.6 Å². The summed E-state index contributed by atoms with van der Waals surface area (Å²) in [6.07, 6.45) is 4.67. The first-order valence-corrected chi connectivity index (χ1v) is 10.0. The number of hydrogen-bond donors (Lipinski definition) is 1. The van der Waals surface area contributed by atoms with Crippen molar-refractivity contribution in [2.45, 2.75) is 27.7 Å². The normalized spacial score (nSPS) is 10.6. The number of carbonyl (C=O) groups excluding carboxylic acids is 2. The van der Waals surface area contributed by atoms with Gasteiger partial charge in [0.2, 0.25) is 0 Å². The van der Waals surface area contributed by atoms with E-state index >= 15 is 0 Å². The van der Waals surface area contributed by atoms with Gasteiger partial charge in [0.1, 0.15) is 11.3 Å². The highest BCUT2D eigenvalue weighted by atomic mass is 32.2. The van der Waals surface area contributed by atoms with Gasteiger partial charge in [-0.1, -0.05) is 39.8 Å². The predicted molar refractivity (Wildman–Crippen MR) is 112 cm³/mol. The molecule has 0 aromatic heterocycles. The van der Waals surface area contributed by atoms with Crippen LogP contribution in [0.1, 0.15) is 38.1 Å². The van der Waals surface area contributed by atoms with Crippen LogP contribution in [0.2, 0.25) is 0 Å². The summed E-state index contributed by atoms with van der Waals surface area (Å²) in [7, 11) is 4.07. The first kappa shape index (κ1) is 27.9. The molecule has 158 valence electrons. The second-order valence-corrected chi connectivity index (χ2v) is 5.13. The summed E-state index contributed by atoms with van der Waals surface area (Å²) in [6.45, 7) is 8.00. The summed E-state index contributed by atoms with van der Waals surface area (Å²) in [5.74, 6) is -0.650. The third-order valence-corrected chi connectivity index (χ3v) is 3.50. The zero-order chi connectivity index (χ0) is 21.9. The van der Waals surface area contributed by atoms with Crippen molar-refractivity contribution in [1.82, 2.24) is 0 Å². The Labute approximate surface area is 172 Å². The lowest BCUT2D eigenvalue weighted by Crippen LogP contribution is -2.80. The van der Waals surface area contributed by atoms with Gasteiger partial charge >= 0.3 is 11.9 Å². The standard InChI is InChI=1S/C16H19NO6S.2C2H6/c1-20-15(18)12-7-5-6-8-13(12)23-10-11(17-22-3)9-14(24-4)16(19)21-2;2*1-2/h5-10,17H,1-4H3;2*1-2H3/p+1/b11-10-,14-9-;;. The second-order valence-electron chi connectivity index (χ2n) is 4.28. The molecule has 0 spiro atoms. The highest BCUT2D eigenvalue weighted by Crippen LogP contribution is 2.20. The summed E-state index contributed by atoms with van der Waals surface area (Å²) in [6, 6.07) is 6.65. The van der Waals surface area contributed by atoms with Crippen LogP contribution in [0.25, 0.3) is 0 Å². The average molecular weight is 415 g/mol. The summed E-state index contributed by atoms with van der Waals surface area (Å²) < 4.78 is 15.0. The van der Waals surface area contributed by atoms with E-state index in [9.17, 15) is 9.59 Å². The first-order chi connectivity index (χ1) is 13.6. The molecule has 0 atom stereocenters. The number of nitrogens with two attached hydrogens (primary N) is 1. The van der Waals surface area contributed by atoms with Gasteiger partial charge in [-0.05, 0) is 18.4 Å². The van der Waals surface area contributed by atoms with Crippen molar-refractivity contribution in [1.29, 1.82) is 0 Å². The molecular weight excluding hydrogens is 382 g/mol. The Morgan fingerprint density at radius 2 is 1.61 bits per heavy atom. The average Bonchev–Trinajstić information content (AvgIpc) is 2.77. The highest BCUT2D eigenvalue weighted by molar-refractivity contribution is 8.03. The third kappa shape index (κ3) is 10.1. The van der Waals surface area contributed by atoms with Gasteiger partial charge in [-0.25, -0.2) is 14.4 Å². The summed E-state index contributed by atoms with van der Waals surface area (Å²) in [5.41, 5.74) is 2.17. The molecule has 0 fully saturated rings. The number of rotatable bonds is 8. The number of thioether (sulfide) groups is 1. The number of methoxy groups -OCH3 is 2. The maximum Gasteiger partial charge on any atom is 0.344 e. The Hall–Kier alpha value is -2.29. The van der Waals surface area contributed by atoms with Gasteiger partial charge in [0, 0.05) is 6.08 Å². The second kappa shape index (κ2) is 18.1. The van der Waals surface area contributed by atoms with Crippen LogP contribution in [0.4, 0.5) is 0 Å². The molecular formula is C20H32NO6S+. The molecule has 0 aliphatic rings. The van der Waals surface area contributed by atoms with Gasteiger partial charge in [0.25, 0.3) is 0 Å². The zero-order valence-corrected chi connectivity index (χ0v) is 18.7. The van der Waals surface area contributed by atoms with E-state index in [1.165, 1.54) is 44.8 Å². The molecule has 0 saturated heterocycles. The van der Waals surface area contributed by atoms with Crippen molar-refractivity contribution >= 4 is 23.7 Å². The van der Waals surface area contributed by atoms with E-state index in [-0.39, 0.29) is 5.56 Å². The lowest BCUT2D eigenvalue weighted by atomic mass is 10.2. The molecule has 1 aromatic carbocycles. The fourth-order valence-electron chi connectivity index (χ4n) is 1.66. The summed E-state index contributed by atoms with van der Waals surface area (Å²) in [5, 5.41) is 0. The van der Waals surface area contributed by atoms with E-state index < -0.39 is 11.9 Å². The maximum absolute atomic E-state index is 11.7.